The van der Waals surface area contributed by atoms with Gasteiger partial charge in [0.15, 0.2) is 0 Å². The van der Waals surface area contributed by atoms with E-state index in [1.165, 1.54) is 37.8 Å². The molecule has 0 saturated carbocycles. The molecule has 1 aromatic carbocycles. The van der Waals surface area contributed by atoms with Gasteiger partial charge in [-0.2, -0.15) is 0 Å². The Morgan fingerprint density at radius 3 is 2.75 bits per heavy atom. The van der Waals surface area contributed by atoms with Crippen molar-refractivity contribution < 1.29 is 4.79 Å². The number of carbonyl (C=O) groups excluding carboxylic acids is 1. The molecule has 0 aromatic heterocycles. The first-order chi connectivity index (χ1) is 13.7. The second-order valence-corrected chi connectivity index (χ2v) is 8.86. The molecule has 0 aliphatic carbocycles. The van der Waals surface area contributed by atoms with Crippen molar-refractivity contribution in [1.29, 1.82) is 0 Å². The Kier molecular flexibility index (Phi) is 8.63. The minimum atomic E-state index is 0.175. The van der Waals surface area contributed by atoms with Gasteiger partial charge in [-0.05, 0) is 75.9 Å². The zero-order valence-electron chi connectivity index (χ0n) is 17.3. The predicted molar refractivity (Wildman–Crippen MR) is 117 cm³/mol. The van der Waals surface area contributed by atoms with Crippen LogP contribution in [-0.2, 0) is 11.3 Å². The molecule has 2 heterocycles. The van der Waals surface area contributed by atoms with Gasteiger partial charge in [-0.25, -0.2) is 0 Å². The number of nitrogens with one attached hydrogen (secondary N) is 1. The summed E-state index contributed by atoms with van der Waals surface area (Å²) in [5.41, 5.74) is 1.25. The molecule has 2 fully saturated rings. The second kappa shape index (κ2) is 11.2. The van der Waals surface area contributed by atoms with E-state index in [4.69, 9.17) is 11.6 Å². The summed E-state index contributed by atoms with van der Waals surface area (Å²) in [5.74, 6) is 0.432. The van der Waals surface area contributed by atoms with E-state index < -0.39 is 0 Å². The van der Waals surface area contributed by atoms with Gasteiger partial charge in [-0.3, -0.25) is 9.69 Å². The first-order valence-electron chi connectivity index (χ1n) is 11.1. The van der Waals surface area contributed by atoms with Gasteiger partial charge in [0.2, 0.25) is 5.91 Å². The van der Waals surface area contributed by atoms with Crippen molar-refractivity contribution in [2.24, 2.45) is 5.92 Å². The summed E-state index contributed by atoms with van der Waals surface area (Å²) in [6.07, 6.45) is 8.28. The Hall–Kier alpha value is -1.10. The molecule has 1 amide bonds. The Labute approximate surface area is 175 Å². The van der Waals surface area contributed by atoms with Crippen molar-refractivity contribution >= 4 is 17.5 Å². The van der Waals surface area contributed by atoms with Crippen LogP contribution in [0.2, 0.25) is 5.02 Å². The molecular formula is C23H36ClN3O. The highest BCUT2D eigenvalue weighted by Gasteiger charge is 2.25. The van der Waals surface area contributed by atoms with E-state index in [0.29, 0.717) is 0 Å². The number of piperidine rings is 2. The number of benzene rings is 1. The van der Waals surface area contributed by atoms with Gasteiger partial charge in [0.1, 0.15) is 0 Å². The molecule has 1 atom stereocenters. The molecule has 1 N–H and O–H groups in total. The van der Waals surface area contributed by atoms with Crippen molar-refractivity contribution in [3.63, 3.8) is 0 Å². The van der Waals surface area contributed by atoms with Crippen LogP contribution in [0.3, 0.4) is 0 Å². The zero-order chi connectivity index (χ0) is 19.8. The average molecular weight is 406 g/mol. The number of rotatable bonds is 8. The number of hydrogen-bond acceptors (Lipinski definition) is 3. The van der Waals surface area contributed by atoms with Crippen LogP contribution in [0, 0.1) is 5.92 Å². The molecule has 0 bridgehead atoms. The highest BCUT2D eigenvalue weighted by atomic mass is 35.5. The maximum Gasteiger partial charge on any atom is 0.223 e. The monoisotopic (exact) mass is 405 g/mol. The number of likely N-dealkylation sites (tertiary alicyclic amines) is 2. The summed E-state index contributed by atoms with van der Waals surface area (Å²) in [6.45, 7) is 8.35. The topological polar surface area (TPSA) is 35.6 Å². The van der Waals surface area contributed by atoms with E-state index in [1.54, 1.807) is 0 Å². The molecule has 1 aromatic rings. The van der Waals surface area contributed by atoms with Gasteiger partial charge in [0.05, 0.1) is 0 Å². The lowest BCUT2D eigenvalue weighted by atomic mass is 9.95. The summed E-state index contributed by atoms with van der Waals surface area (Å²) in [6, 6.07) is 8.83. The van der Waals surface area contributed by atoms with Crippen LogP contribution in [0.25, 0.3) is 0 Å². The highest BCUT2D eigenvalue weighted by Crippen LogP contribution is 2.21. The van der Waals surface area contributed by atoms with Gasteiger partial charge < -0.3 is 10.2 Å². The Morgan fingerprint density at radius 1 is 1.18 bits per heavy atom. The summed E-state index contributed by atoms with van der Waals surface area (Å²) in [5, 5.41) is 3.99. The molecule has 2 aliphatic heterocycles. The normalized spacial score (nSPS) is 22.3. The van der Waals surface area contributed by atoms with E-state index in [1.807, 2.05) is 18.2 Å². The maximum absolute atomic E-state index is 12.5. The molecule has 4 nitrogen and oxygen atoms in total. The fourth-order valence-corrected chi connectivity index (χ4v) is 4.91. The number of nitrogens with zero attached hydrogens (tertiary/aromatic N) is 2. The van der Waals surface area contributed by atoms with E-state index in [-0.39, 0.29) is 11.8 Å². The molecule has 0 unspecified atom stereocenters. The Bertz CT molecular complexity index is 616. The van der Waals surface area contributed by atoms with Crippen molar-refractivity contribution in [3.8, 4) is 0 Å². The number of halogens is 1. The fraction of sp³-hybridized carbons (Fsp3) is 0.696. The number of amides is 1. The second-order valence-electron chi connectivity index (χ2n) is 8.42. The van der Waals surface area contributed by atoms with E-state index in [9.17, 15) is 4.79 Å². The fourth-order valence-electron chi connectivity index (χ4n) is 4.70. The van der Waals surface area contributed by atoms with Crippen molar-refractivity contribution in [3.05, 3.63) is 34.9 Å². The van der Waals surface area contributed by atoms with E-state index >= 15 is 0 Å². The van der Waals surface area contributed by atoms with Gasteiger partial charge in [-0.15, -0.1) is 0 Å². The van der Waals surface area contributed by atoms with Gasteiger partial charge in [-0.1, -0.05) is 37.1 Å². The SMILES string of the molecule is CC[C@@H]1CCCCN1CCCNC(=O)C1CCN(Cc2cccc(Cl)c2)CC1. The summed E-state index contributed by atoms with van der Waals surface area (Å²) >= 11 is 6.08. The summed E-state index contributed by atoms with van der Waals surface area (Å²) in [7, 11) is 0. The quantitative estimate of drug-likeness (QED) is 0.654. The van der Waals surface area contributed by atoms with Crippen LogP contribution >= 0.6 is 11.6 Å². The van der Waals surface area contributed by atoms with Crippen LogP contribution in [0.4, 0.5) is 0 Å². The zero-order valence-corrected chi connectivity index (χ0v) is 18.1. The third-order valence-corrected chi connectivity index (χ3v) is 6.63. The van der Waals surface area contributed by atoms with Crippen LogP contribution in [-0.4, -0.2) is 54.5 Å². The van der Waals surface area contributed by atoms with Gasteiger partial charge in [0, 0.05) is 36.6 Å². The maximum atomic E-state index is 12.5. The van der Waals surface area contributed by atoms with Crippen LogP contribution in [0.1, 0.15) is 57.4 Å². The molecule has 156 valence electrons. The minimum absolute atomic E-state index is 0.175. The van der Waals surface area contributed by atoms with Crippen LogP contribution in [0.15, 0.2) is 24.3 Å². The Morgan fingerprint density at radius 2 is 2.00 bits per heavy atom. The average Bonchev–Trinajstić information content (AvgIpc) is 2.72. The molecule has 2 aliphatic rings. The van der Waals surface area contributed by atoms with E-state index in [2.05, 4.69) is 28.1 Å². The van der Waals surface area contributed by atoms with Crippen LogP contribution in [0.5, 0.6) is 0 Å². The first-order valence-corrected chi connectivity index (χ1v) is 11.5. The summed E-state index contributed by atoms with van der Waals surface area (Å²) < 4.78 is 0. The lowest BCUT2D eigenvalue weighted by Gasteiger charge is -2.35. The standard InChI is InChI=1S/C23H36ClN3O/c1-2-22-9-3-4-13-27(22)14-6-12-25-23(28)20-10-15-26(16-11-20)18-19-7-5-8-21(24)17-19/h5,7-8,17,20,22H,2-4,6,9-16,18H2,1H3,(H,25,28)/t22-/m1/s1. The summed E-state index contributed by atoms with van der Waals surface area (Å²) in [4.78, 5) is 17.6. The smallest absolute Gasteiger partial charge is 0.223 e. The molecule has 3 rings (SSSR count). The number of hydrogen-bond donors (Lipinski definition) is 1. The minimum Gasteiger partial charge on any atom is -0.356 e. The third kappa shape index (κ3) is 6.47. The Balaban J connectivity index is 1.31. The van der Waals surface area contributed by atoms with Crippen molar-refractivity contribution in [1.82, 2.24) is 15.1 Å². The lowest BCUT2D eigenvalue weighted by molar-refractivity contribution is -0.126. The van der Waals surface area contributed by atoms with E-state index in [0.717, 1.165) is 63.1 Å². The van der Waals surface area contributed by atoms with Gasteiger partial charge in [0.25, 0.3) is 0 Å². The molecule has 2 saturated heterocycles. The lowest BCUT2D eigenvalue weighted by Crippen LogP contribution is -2.42. The third-order valence-electron chi connectivity index (χ3n) is 6.40. The van der Waals surface area contributed by atoms with Crippen molar-refractivity contribution in [2.45, 2.75) is 64.5 Å². The molecule has 0 spiro atoms. The van der Waals surface area contributed by atoms with Gasteiger partial charge >= 0.3 is 0 Å². The molecule has 5 heteroatoms. The number of carbonyl (C=O) groups is 1. The predicted octanol–water partition coefficient (Wildman–Crippen LogP) is 4.32. The highest BCUT2D eigenvalue weighted by molar-refractivity contribution is 6.30. The molecule has 0 radical (unpaired) electrons. The van der Waals surface area contributed by atoms with Crippen LogP contribution < -0.4 is 5.32 Å². The largest absolute Gasteiger partial charge is 0.356 e. The molecule has 28 heavy (non-hydrogen) atoms. The first kappa shape index (κ1) is 21.6. The molecular weight excluding hydrogens is 370 g/mol. The van der Waals surface area contributed by atoms with Crippen molar-refractivity contribution in [2.75, 3.05) is 32.7 Å².